The second-order valence-corrected chi connectivity index (χ2v) is 5.94. The Hall–Kier alpha value is -1.69. The molecule has 0 bridgehead atoms. The molecule has 6 heteroatoms. The summed E-state index contributed by atoms with van der Waals surface area (Å²) < 4.78 is 5.75. The van der Waals surface area contributed by atoms with Crippen molar-refractivity contribution < 1.29 is 14.3 Å². The van der Waals surface area contributed by atoms with Crippen molar-refractivity contribution in [3.8, 4) is 5.75 Å². The minimum absolute atomic E-state index is 0.00956. The number of rotatable bonds is 4. The van der Waals surface area contributed by atoms with Gasteiger partial charge in [-0.15, -0.1) is 0 Å². The predicted octanol–water partition coefficient (Wildman–Crippen LogP) is 1.28. The van der Waals surface area contributed by atoms with Crippen molar-refractivity contribution in [2.24, 2.45) is 0 Å². The molecule has 1 saturated heterocycles. The van der Waals surface area contributed by atoms with Gasteiger partial charge < -0.3 is 15.0 Å². The second kappa shape index (κ2) is 5.75. The summed E-state index contributed by atoms with van der Waals surface area (Å²) in [5, 5.41) is 2.83. The van der Waals surface area contributed by atoms with Crippen LogP contribution in [0.2, 0.25) is 0 Å². The summed E-state index contributed by atoms with van der Waals surface area (Å²) >= 11 is 1.26. The average Bonchev–Trinajstić information content (AvgIpc) is 3.03. The van der Waals surface area contributed by atoms with Gasteiger partial charge in [-0.25, -0.2) is 0 Å². The Morgan fingerprint density at radius 1 is 1.45 bits per heavy atom. The van der Waals surface area contributed by atoms with Gasteiger partial charge in [0.1, 0.15) is 18.4 Å². The second-order valence-electron chi connectivity index (χ2n) is 4.89. The zero-order chi connectivity index (χ0) is 13.9. The SMILES string of the molecule is O=C(CN1CCSC1=O)NC[C@H]1Cc2ccccc2O1. The molecule has 3 rings (SSSR count). The third kappa shape index (κ3) is 2.90. The van der Waals surface area contributed by atoms with E-state index < -0.39 is 0 Å². The predicted molar refractivity (Wildman–Crippen MR) is 77.0 cm³/mol. The normalized spacial score (nSPS) is 20.7. The summed E-state index contributed by atoms with van der Waals surface area (Å²) in [4.78, 5) is 24.8. The van der Waals surface area contributed by atoms with Gasteiger partial charge in [-0.05, 0) is 11.6 Å². The highest BCUT2D eigenvalue weighted by Crippen LogP contribution is 2.27. The molecule has 0 unspecified atom stereocenters. The number of nitrogens with zero attached hydrogens (tertiary/aromatic N) is 1. The third-order valence-electron chi connectivity index (χ3n) is 3.42. The quantitative estimate of drug-likeness (QED) is 0.908. The number of hydrogen-bond acceptors (Lipinski definition) is 4. The zero-order valence-corrected chi connectivity index (χ0v) is 11.8. The lowest BCUT2D eigenvalue weighted by Gasteiger charge is -2.16. The Morgan fingerprint density at radius 2 is 2.30 bits per heavy atom. The monoisotopic (exact) mass is 292 g/mol. The van der Waals surface area contributed by atoms with Gasteiger partial charge in [-0.2, -0.15) is 0 Å². The number of hydrogen-bond donors (Lipinski definition) is 1. The molecule has 1 N–H and O–H groups in total. The zero-order valence-electron chi connectivity index (χ0n) is 11.0. The molecule has 2 aliphatic heterocycles. The number of para-hydroxylation sites is 1. The molecule has 1 fully saturated rings. The van der Waals surface area contributed by atoms with Crippen LogP contribution in [0.25, 0.3) is 0 Å². The molecule has 1 aromatic carbocycles. The molecule has 0 saturated carbocycles. The fraction of sp³-hybridized carbons (Fsp3) is 0.429. The van der Waals surface area contributed by atoms with Crippen molar-refractivity contribution in [2.45, 2.75) is 12.5 Å². The largest absolute Gasteiger partial charge is 0.488 e. The minimum Gasteiger partial charge on any atom is -0.488 e. The van der Waals surface area contributed by atoms with Gasteiger partial charge in [-0.1, -0.05) is 30.0 Å². The first-order chi connectivity index (χ1) is 9.72. The van der Waals surface area contributed by atoms with Crippen LogP contribution in [-0.4, -0.2) is 47.5 Å². The van der Waals surface area contributed by atoms with E-state index in [0.717, 1.165) is 17.9 Å². The first-order valence-corrected chi connectivity index (χ1v) is 7.64. The lowest BCUT2D eigenvalue weighted by molar-refractivity contribution is -0.121. The summed E-state index contributed by atoms with van der Waals surface area (Å²) in [5.41, 5.74) is 1.18. The molecule has 2 amide bonds. The van der Waals surface area contributed by atoms with Crippen LogP contribution in [-0.2, 0) is 11.2 Å². The van der Waals surface area contributed by atoms with Crippen LogP contribution in [0.15, 0.2) is 24.3 Å². The van der Waals surface area contributed by atoms with Crippen LogP contribution < -0.4 is 10.1 Å². The van der Waals surface area contributed by atoms with E-state index in [1.165, 1.54) is 17.3 Å². The van der Waals surface area contributed by atoms with Crippen LogP contribution in [0.5, 0.6) is 5.75 Å². The van der Waals surface area contributed by atoms with Crippen LogP contribution in [0.3, 0.4) is 0 Å². The molecule has 5 nitrogen and oxygen atoms in total. The molecule has 106 valence electrons. The molecule has 0 aromatic heterocycles. The molecule has 0 aliphatic carbocycles. The van der Waals surface area contributed by atoms with E-state index in [2.05, 4.69) is 5.32 Å². The first kappa shape index (κ1) is 13.3. The van der Waals surface area contributed by atoms with Crippen molar-refractivity contribution in [3.63, 3.8) is 0 Å². The van der Waals surface area contributed by atoms with E-state index in [1.807, 2.05) is 24.3 Å². The number of thioether (sulfide) groups is 1. The van der Waals surface area contributed by atoms with Crippen molar-refractivity contribution in [1.82, 2.24) is 10.2 Å². The number of carbonyl (C=O) groups is 2. The van der Waals surface area contributed by atoms with Gasteiger partial charge in [0.2, 0.25) is 5.91 Å². The van der Waals surface area contributed by atoms with Crippen molar-refractivity contribution in [2.75, 3.05) is 25.4 Å². The summed E-state index contributed by atoms with van der Waals surface area (Å²) in [6.07, 6.45) is 0.801. The fourth-order valence-electron chi connectivity index (χ4n) is 2.39. The maximum atomic E-state index is 11.8. The highest BCUT2D eigenvalue weighted by molar-refractivity contribution is 8.13. The molecule has 1 aromatic rings. The molecule has 0 radical (unpaired) electrons. The molecule has 1 atom stereocenters. The summed E-state index contributed by atoms with van der Waals surface area (Å²) in [7, 11) is 0. The standard InChI is InChI=1S/C14H16N2O3S/c17-13(9-16-5-6-20-14(16)18)15-8-11-7-10-3-1-2-4-12(10)19-11/h1-4,11H,5-9H2,(H,15,17)/t11-/m1/s1. The van der Waals surface area contributed by atoms with Crippen molar-refractivity contribution in [1.29, 1.82) is 0 Å². The minimum atomic E-state index is -0.125. The molecular formula is C14H16N2O3S. The number of ether oxygens (including phenoxy) is 1. The Bertz CT molecular complexity index is 510. The Balaban J connectivity index is 1.44. The van der Waals surface area contributed by atoms with Crippen molar-refractivity contribution >= 4 is 22.9 Å². The third-order valence-corrected chi connectivity index (χ3v) is 4.31. The fourth-order valence-corrected chi connectivity index (χ4v) is 3.22. The summed E-state index contributed by atoms with van der Waals surface area (Å²) in [5.74, 6) is 1.55. The average molecular weight is 292 g/mol. The lowest BCUT2D eigenvalue weighted by atomic mass is 10.1. The molecular weight excluding hydrogens is 276 g/mol. The van der Waals surface area contributed by atoms with Crippen LogP contribution in [0.4, 0.5) is 4.79 Å². The topological polar surface area (TPSA) is 58.6 Å². The Labute approximate surface area is 121 Å². The highest BCUT2D eigenvalue weighted by Gasteiger charge is 2.25. The summed E-state index contributed by atoms with van der Waals surface area (Å²) in [6.45, 7) is 1.27. The van der Waals surface area contributed by atoms with Crippen LogP contribution in [0.1, 0.15) is 5.56 Å². The first-order valence-electron chi connectivity index (χ1n) is 6.65. The lowest BCUT2D eigenvalue weighted by Crippen LogP contribution is -2.41. The Morgan fingerprint density at radius 3 is 3.05 bits per heavy atom. The number of carbonyl (C=O) groups excluding carboxylic acids is 2. The smallest absolute Gasteiger partial charge is 0.282 e. The van der Waals surface area contributed by atoms with Gasteiger partial charge in [0.15, 0.2) is 0 Å². The molecule has 2 aliphatic rings. The molecule has 2 heterocycles. The van der Waals surface area contributed by atoms with Crippen molar-refractivity contribution in [3.05, 3.63) is 29.8 Å². The maximum absolute atomic E-state index is 11.8. The van der Waals surface area contributed by atoms with Gasteiger partial charge >= 0.3 is 0 Å². The van der Waals surface area contributed by atoms with Crippen LogP contribution >= 0.6 is 11.8 Å². The van der Waals surface area contributed by atoms with Gasteiger partial charge in [0.05, 0.1) is 6.54 Å². The van der Waals surface area contributed by atoms with E-state index in [4.69, 9.17) is 4.74 Å². The van der Waals surface area contributed by atoms with Gasteiger partial charge in [0.25, 0.3) is 5.24 Å². The van der Waals surface area contributed by atoms with Gasteiger partial charge in [-0.3, -0.25) is 9.59 Å². The number of benzene rings is 1. The number of fused-ring (bicyclic) bond motifs is 1. The number of nitrogens with one attached hydrogen (secondary N) is 1. The number of amides is 2. The maximum Gasteiger partial charge on any atom is 0.282 e. The Kier molecular flexibility index (Phi) is 3.82. The summed E-state index contributed by atoms with van der Waals surface area (Å²) in [6, 6.07) is 7.91. The van der Waals surface area contributed by atoms with Crippen LogP contribution in [0, 0.1) is 0 Å². The molecule has 20 heavy (non-hydrogen) atoms. The van der Waals surface area contributed by atoms with E-state index in [9.17, 15) is 9.59 Å². The van der Waals surface area contributed by atoms with E-state index in [1.54, 1.807) is 4.90 Å². The highest BCUT2D eigenvalue weighted by atomic mass is 32.2. The van der Waals surface area contributed by atoms with E-state index in [-0.39, 0.29) is 23.8 Å². The van der Waals surface area contributed by atoms with E-state index >= 15 is 0 Å². The van der Waals surface area contributed by atoms with E-state index in [0.29, 0.717) is 13.1 Å². The molecule has 0 spiro atoms. The van der Waals surface area contributed by atoms with Gasteiger partial charge in [0, 0.05) is 18.7 Å².